The van der Waals surface area contributed by atoms with E-state index in [4.69, 9.17) is 0 Å². The van der Waals surface area contributed by atoms with E-state index >= 15 is 0 Å². The van der Waals surface area contributed by atoms with E-state index in [1.54, 1.807) is 19.1 Å². The van der Waals surface area contributed by atoms with E-state index in [0.717, 1.165) is 11.8 Å². The minimum atomic E-state index is -0.556. The van der Waals surface area contributed by atoms with Crippen molar-refractivity contribution in [3.8, 4) is 5.69 Å². The maximum atomic E-state index is 12.8. The summed E-state index contributed by atoms with van der Waals surface area (Å²) < 4.78 is 1.43. The van der Waals surface area contributed by atoms with Crippen LogP contribution in [0.25, 0.3) is 5.69 Å². The van der Waals surface area contributed by atoms with Gasteiger partial charge in [0, 0.05) is 17.2 Å². The van der Waals surface area contributed by atoms with Gasteiger partial charge in [-0.15, -0.1) is 0 Å². The van der Waals surface area contributed by atoms with Gasteiger partial charge in [0.1, 0.15) is 12.1 Å². The second-order valence-corrected chi connectivity index (χ2v) is 6.36. The first-order valence-corrected chi connectivity index (χ1v) is 8.54. The molecule has 6 heteroatoms. The van der Waals surface area contributed by atoms with Crippen molar-refractivity contribution in [2.24, 2.45) is 0 Å². The molecule has 1 unspecified atom stereocenters. The number of hydrogen-bond donors (Lipinski definition) is 2. The molecular weight excluding hydrogens is 342 g/mol. The summed E-state index contributed by atoms with van der Waals surface area (Å²) in [6, 6.07) is 18.4. The normalized spacial score (nSPS) is 15.8. The third-order valence-electron chi connectivity index (χ3n) is 4.76. The molecular formula is C21H17N3O3. The van der Waals surface area contributed by atoms with Gasteiger partial charge in [0.15, 0.2) is 0 Å². The highest BCUT2D eigenvalue weighted by molar-refractivity contribution is 5.83. The Kier molecular flexibility index (Phi) is 4.08. The first kappa shape index (κ1) is 16.8. The molecule has 1 aliphatic rings. The van der Waals surface area contributed by atoms with Crippen LogP contribution in [0.3, 0.4) is 0 Å². The Hall–Kier alpha value is -3.67. The lowest BCUT2D eigenvalue weighted by atomic mass is 9.83. The number of para-hydroxylation sites is 1. The molecule has 1 atom stereocenters. The van der Waals surface area contributed by atoms with Crippen molar-refractivity contribution >= 4 is 12.1 Å². The van der Waals surface area contributed by atoms with Crippen LogP contribution < -0.4 is 16.6 Å². The van der Waals surface area contributed by atoms with Crippen LogP contribution in [0.5, 0.6) is 0 Å². The fourth-order valence-corrected chi connectivity index (χ4v) is 3.53. The van der Waals surface area contributed by atoms with Gasteiger partial charge in [-0.2, -0.15) is 0 Å². The van der Waals surface area contributed by atoms with E-state index in [9.17, 15) is 14.4 Å². The predicted molar refractivity (Wildman–Crippen MR) is 103 cm³/mol. The van der Waals surface area contributed by atoms with E-state index in [0.29, 0.717) is 28.3 Å². The lowest BCUT2D eigenvalue weighted by Crippen LogP contribution is -2.37. The number of nitrogens with one attached hydrogen (secondary N) is 2. The fourth-order valence-electron chi connectivity index (χ4n) is 3.53. The molecule has 2 aromatic carbocycles. The summed E-state index contributed by atoms with van der Waals surface area (Å²) in [7, 11) is 0. The van der Waals surface area contributed by atoms with Gasteiger partial charge in [0.05, 0.1) is 11.3 Å². The van der Waals surface area contributed by atoms with Crippen molar-refractivity contribution in [1.82, 2.24) is 9.55 Å². The average Bonchev–Trinajstić information content (AvgIpc) is 2.68. The highest BCUT2D eigenvalue weighted by Crippen LogP contribution is 2.38. The Bertz CT molecular complexity index is 1160. The van der Waals surface area contributed by atoms with Gasteiger partial charge in [-0.1, -0.05) is 48.5 Å². The lowest BCUT2D eigenvalue weighted by molar-refractivity contribution is -0.105. The zero-order valence-corrected chi connectivity index (χ0v) is 14.6. The van der Waals surface area contributed by atoms with E-state index in [1.807, 2.05) is 48.5 Å². The molecule has 4 rings (SSSR count). The molecule has 2 heterocycles. The standard InChI is InChI=1S/C21H17N3O3/c1-13-16(12-25)17(14-8-4-2-5-9-14)18-19(22-13)24(21(27)23-20(18)26)15-10-6-3-7-11-15/h2-12,17,22H,1H3,(H,23,26,27). The van der Waals surface area contributed by atoms with Crippen LogP contribution in [0.15, 0.2) is 81.5 Å². The highest BCUT2D eigenvalue weighted by Gasteiger charge is 2.33. The van der Waals surface area contributed by atoms with Crippen molar-refractivity contribution in [2.45, 2.75) is 12.8 Å². The van der Waals surface area contributed by atoms with Crippen LogP contribution >= 0.6 is 0 Å². The molecule has 6 nitrogen and oxygen atoms in total. The smallest absolute Gasteiger partial charge is 0.334 e. The molecule has 0 fully saturated rings. The lowest BCUT2D eigenvalue weighted by Gasteiger charge is -2.29. The summed E-state index contributed by atoms with van der Waals surface area (Å²) in [6.45, 7) is 1.77. The fraction of sp³-hybridized carbons (Fsp3) is 0.0952. The molecule has 27 heavy (non-hydrogen) atoms. The number of allylic oxidation sites excluding steroid dienone is 2. The molecule has 0 radical (unpaired) electrons. The van der Waals surface area contributed by atoms with Crippen LogP contribution in [-0.4, -0.2) is 15.8 Å². The van der Waals surface area contributed by atoms with E-state index in [2.05, 4.69) is 10.3 Å². The molecule has 0 spiro atoms. The van der Waals surface area contributed by atoms with Crippen LogP contribution in [0.1, 0.15) is 24.0 Å². The molecule has 0 saturated carbocycles. The first-order valence-electron chi connectivity index (χ1n) is 8.54. The Labute approximate surface area is 154 Å². The number of aromatic amines is 1. The molecule has 0 saturated heterocycles. The highest BCUT2D eigenvalue weighted by atomic mass is 16.2. The third-order valence-corrected chi connectivity index (χ3v) is 4.76. The number of aldehydes is 1. The predicted octanol–water partition coefficient (Wildman–Crippen LogP) is 2.56. The topological polar surface area (TPSA) is 84.0 Å². The van der Waals surface area contributed by atoms with E-state index < -0.39 is 17.2 Å². The summed E-state index contributed by atoms with van der Waals surface area (Å²) in [5.74, 6) is -0.175. The summed E-state index contributed by atoms with van der Waals surface area (Å²) in [5, 5.41) is 3.10. The molecule has 3 aromatic rings. The second-order valence-electron chi connectivity index (χ2n) is 6.36. The van der Waals surface area contributed by atoms with Crippen molar-refractivity contribution < 1.29 is 4.79 Å². The molecule has 1 aliphatic heterocycles. The second kappa shape index (κ2) is 6.57. The van der Waals surface area contributed by atoms with Crippen molar-refractivity contribution in [3.05, 3.63) is 104 Å². The Morgan fingerprint density at radius 3 is 2.22 bits per heavy atom. The number of nitrogens with zero attached hydrogens (tertiary/aromatic N) is 1. The van der Waals surface area contributed by atoms with Gasteiger partial charge in [-0.25, -0.2) is 9.36 Å². The van der Waals surface area contributed by atoms with Gasteiger partial charge in [-0.05, 0) is 24.6 Å². The largest absolute Gasteiger partial charge is 0.344 e. The van der Waals surface area contributed by atoms with Gasteiger partial charge in [-0.3, -0.25) is 14.6 Å². The third kappa shape index (κ3) is 2.71. The maximum absolute atomic E-state index is 12.8. The van der Waals surface area contributed by atoms with E-state index in [1.165, 1.54) is 4.57 Å². The number of carbonyl (C=O) groups excluding carboxylic acids is 1. The Balaban J connectivity index is 2.08. The SMILES string of the molecule is CC1=C(C=O)C(c2ccccc2)c2c(n(-c3ccccc3)c(=O)[nH]c2=O)N1. The number of fused-ring (bicyclic) bond motifs is 1. The summed E-state index contributed by atoms with van der Waals surface area (Å²) in [4.78, 5) is 39.6. The van der Waals surface area contributed by atoms with Crippen LogP contribution in [0.2, 0.25) is 0 Å². The molecule has 1 aromatic heterocycles. The number of carbonyl (C=O) groups is 1. The van der Waals surface area contributed by atoms with Crippen LogP contribution in [0, 0.1) is 0 Å². The van der Waals surface area contributed by atoms with Crippen molar-refractivity contribution in [2.75, 3.05) is 5.32 Å². The molecule has 0 bridgehead atoms. The number of H-pyrrole nitrogens is 1. The summed E-state index contributed by atoms with van der Waals surface area (Å²) in [5.41, 5.74) is 1.82. The Morgan fingerprint density at radius 2 is 1.59 bits per heavy atom. The average molecular weight is 359 g/mol. The van der Waals surface area contributed by atoms with Crippen LogP contribution in [0.4, 0.5) is 5.82 Å². The monoisotopic (exact) mass is 359 g/mol. The van der Waals surface area contributed by atoms with Gasteiger partial charge < -0.3 is 5.32 Å². The van der Waals surface area contributed by atoms with E-state index in [-0.39, 0.29) is 0 Å². The number of hydrogen-bond acceptors (Lipinski definition) is 4. The van der Waals surface area contributed by atoms with Gasteiger partial charge >= 0.3 is 5.69 Å². The van der Waals surface area contributed by atoms with Crippen molar-refractivity contribution in [3.63, 3.8) is 0 Å². The number of aromatic nitrogens is 2. The summed E-state index contributed by atoms with van der Waals surface area (Å²) in [6.07, 6.45) is 0.764. The first-order chi connectivity index (χ1) is 13.1. The number of rotatable bonds is 3. The van der Waals surface area contributed by atoms with Gasteiger partial charge in [0.25, 0.3) is 5.56 Å². The van der Waals surface area contributed by atoms with Crippen molar-refractivity contribution in [1.29, 1.82) is 0 Å². The van der Waals surface area contributed by atoms with Crippen LogP contribution in [-0.2, 0) is 4.79 Å². The molecule has 0 amide bonds. The molecule has 2 N–H and O–H groups in total. The zero-order valence-electron chi connectivity index (χ0n) is 14.6. The zero-order chi connectivity index (χ0) is 19.0. The minimum absolute atomic E-state index is 0.345. The molecule has 134 valence electrons. The quantitative estimate of drug-likeness (QED) is 0.704. The Morgan fingerprint density at radius 1 is 0.963 bits per heavy atom. The number of anilines is 1. The minimum Gasteiger partial charge on any atom is -0.344 e. The van der Waals surface area contributed by atoms with Gasteiger partial charge in [0.2, 0.25) is 0 Å². The number of benzene rings is 2. The summed E-state index contributed by atoms with van der Waals surface area (Å²) >= 11 is 0. The molecule has 0 aliphatic carbocycles. The maximum Gasteiger partial charge on any atom is 0.334 e.